The van der Waals surface area contributed by atoms with E-state index in [0.29, 0.717) is 12.3 Å². The number of methoxy groups -OCH3 is 1. The van der Waals surface area contributed by atoms with Crippen molar-refractivity contribution < 1.29 is 9.53 Å². The van der Waals surface area contributed by atoms with E-state index in [9.17, 15) is 4.79 Å². The summed E-state index contributed by atoms with van der Waals surface area (Å²) in [6.45, 7) is 4.60. The number of likely N-dealkylation sites (N-methyl/N-ethyl adjacent to an activating group) is 1. The topological polar surface area (TPSA) is 63.5 Å². The fraction of sp³-hybridized carbons (Fsp3) is 0.591. The number of nitrogens with zero attached hydrogens (tertiary/aromatic N) is 5. The first kappa shape index (κ1) is 19.9. The van der Waals surface area contributed by atoms with Gasteiger partial charge in [0.2, 0.25) is 5.91 Å². The van der Waals surface area contributed by atoms with Gasteiger partial charge in [-0.05, 0) is 44.0 Å². The molecule has 7 nitrogen and oxygen atoms in total. The van der Waals surface area contributed by atoms with E-state index in [1.165, 1.54) is 5.56 Å². The molecule has 1 amide bonds. The van der Waals surface area contributed by atoms with Crippen LogP contribution in [0.25, 0.3) is 0 Å². The summed E-state index contributed by atoms with van der Waals surface area (Å²) < 4.78 is 7.50. The Kier molecular flexibility index (Phi) is 6.13. The summed E-state index contributed by atoms with van der Waals surface area (Å²) in [6, 6.07) is 7.97. The fourth-order valence-corrected chi connectivity index (χ4v) is 4.37. The van der Waals surface area contributed by atoms with Crippen molar-refractivity contribution in [2.75, 3.05) is 40.3 Å². The minimum atomic E-state index is 0.237. The first-order valence-electron chi connectivity index (χ1n) is 10.7. The average Bonchev–Trinajstić information content (AvgIpc) is 3.08. The van der Waals surface area contributed by atoms with Crippen LogP contribution in [0.1, 0.15) is 42.4 Å². The number of piperidine rings is 1. The second-order valence-electron chi connectivity index (χ2n) is 8.21. The van der Waals surface area contributed by atoms with Crippen LogP contribution in [0.15, 0.2) is 24.3 Å². The van der Waals surface area contributed by atoms with Crippen molar-refractivity contribution >= 4 is 5.91 Å². The van der Waals surface area contributed by atoms with E-state index < -0.39 is 0 Å². The summed E-state index contributed by atoms with van der Waals surface area (Å²) in [4.78, 5) is 17.2. The molecule has 2 aromatic rings. The third-order valence-electron chi connectivity index (χ3n) is 6.20. The highest BCUT2D eigenvalue weighted by Gasteiger charge is 2.29. The second kappa shape index (κ2) is 8.95. The van der Waals surface area contributed by atoms with E-state index in [2.05, 4.69) is 26.7 Å². The molecule has 0 saturated carbocycles. The Morgan fingerprint density at radius 2 is 1.97 bits per heavy atom. The number of benzene rings is 1. The van der Waals surface area contributed by atoms with Gasteiger partial charge < -0.3 is 19.1 Å². The fourth-order valence-electron chi connectivity index (χ4n) is 4.37. The molecule has 156 valence electrons. The number of aryl methyl sites for hydroxylation is 1. The maximum atomic E-state index is 12.8. The number of hydrogen-bond acceptors (Lipinski definition) is 5. The molecule has 0 bridgehead atoms. The maximum absolute atomic E-state index is 12.8. The third kappa shape index (κ3) is 4.61. The lowest BCUT2D eigenvalue weighted by molar-refractivity contribution is -0.132. The van der Waals surface area contributed by atoms with Crippen LogP contribution in [-0.4, -0.2) is 70.8 Å². The lowest BCUT2D eigenvalue weighted by atomic mass is 9.96. The van der Waals surface area contributed by atoms with Crippen LogP contribution in [-0.2, 0) is 24.2 Å². The van der Waals surface area contributed by atoms with Crippen molar-refractivity contribution in [2.24, 2.45) is 0 Å². The molecule has 1 fully saturated rings. The minimum Gasteiger partial charge on any atom is -0.497 e. The molecule has 1 atom stereocenters. The average molecular weight is 398 g/mol. The van der Waals surface area contributed by atoms with E-state index in [-0.39, 0.29) is 5.91 Å². The molecule has 0 unspecified atom stereocenters. The van der Waals surface area contributed by atoms with Gasteiger partial charge >= 0.3 is 0 Å². The number of fused-ring (bicyclic) bond motifs is 1. The van der Waals surface area contributed by atoms with Crippen LogP contribution in [0.5, 0.6) is 5.75 Å². The number of amides is 1. The van der Waals surface area contributed by atoms with Crippen molar-refractivity contribution in [3.63, 3.8) is 0 Å². The van der Waals surface area contributed by atoms with Gasteiger partial charge in [-0.3, -0.25) is 4.79 Å². The predicted molar refractivity (Wildman–Crippen MR) is 111 cm³/mol. The van der Waals surface area contributed by atoms with Gasteiger partial charge in [0, 0.05) is 51.5 Å². The summed E-state index contributed by atoms with van der Waals surface area (Å²) in [6.07, 6.45) is 4.36. The van der Waals surface area contributed by atoms with Crippen LogP contribution in [0, 0.1) is 0 Å². The Labute approximate surface area is 172 Å². The van der Waals surface area contributed by atoms with Crippen LogP contribution in [0.3, 0.4) is 0 Å². The molecule has 0 aliphatic carbocycles. The number of hydrogen-bond donors (Lipinski definition) is 0. The van der Waals surface area contributed by atoms with E-state index in [1.807, 2.05) is 29.2 Å². The van der Waals surface area contributed by atoms with Crippen molar-refractivity contribution in [1.29, 1.82) is 0 Å². The Hall–Kier alpha value is -2.41. The van der Waals surface area contributed by atoms with Gasteiger partial charge in [0.05, 0.1) is 7.11 Å². The van der Waals surface area contributed by atoms with Crippen LogP contribution in [0.2, 0.25) is 0 Å². The number of likely N-dealkylation sites (tertiary alicyclic amines) is 1. The van der Waals surface area contributed by atoms with E-state index in [1.54, 1.807) is 7.11 Å². The Balaban J connectivity index is 1.37. The van der Waals surface area contributed by atoms with Crippen LogP contribution < -0.4 is 4.74 Å². The summed E-state index contributed by atoms with van der Waals surface area (Å²) in [5.74, 6) is 3.53. The number of ether oxygens (including phenoxy) is 1. The zero-order valence-electron chi connectivity index (χ0n) is 17.5. The molecular weight excluding hydrogens is 366 g/mol. The van der Waals surface area contributed by atoms with Crippen LogP contribution in [0.4, 0.5) is 0 Å². The molecule has 0 radical (unpaired) electrons. The maximum Gasteiger partial charge on any atom is 0.222 e. The van der Waals surface area contributed by atoms with Crippen molar-refractivity contribution in [1.82, 2.24) is 24.6 Å². The second-order valence-corrected chi connectivity index (χ2v) is 8.21. The zero-order chi connectivity index (χ0) is 20.2. The molecule has 2 aliphatic heterocycles. The Morgan fingerprint density at radius 3 is 2.76 bits per heavy atom. The molecule has 2 aliphatic rings. The lowest BCUT2D eigenvalue weighted by Gasteiger charge is -2.32. The molecule has 1 aromatic carbocycles. The van der Waals surface area contributed by atoms with Crippen molar-refractivity contribution in [3.05, 3.63) is 41.5 Å². The smallest absolute Gasteiger partial charge is 0.222 e. The highest BCUT2D eigenvalue weighted by molar-refractivity contribution is 5.76. The summed E-state index contributed by atoms with van der Waals surface area (Å²) >= 11 is 0. The van der Waals surface area contributed by atoms with Crippen molar-refractivity contribution in [2.45, 2.75) is 44.6 Å². The number of aromatic nitrogens is 3. The van der Waals surface area contributed by atoms with E-state index in [0.717, 1.165) is 75.8 Å². The van der Waals surface area contributed by atoms with Gasteiger partial charge in [-0.15, -0.1) is 10.2 Å². The Bertz CT molecular complexity index is 832. The number of carbonyl (C=O) groups excluding carboxylic acids is 1. The molecule has 1 aromatic heterocycles. The third-order valence-corrected chi connectivity index (χ3v) is 6.20. The van der Waals surface area contributed by atoms with Crippen molar-refractivity contribution in [3.8, 4) is 5.75 Å². The lowest BCUT2D eigenvalue weighted by Crippen LogP contribution is -2.40. The molecular formula is C22H31N5O2. The predicted octanol–water partition coefficient (Wildman–Crippen LogP) is 2.11. The Morgan fingerprint density at radius 1 is 1.14 bits per heavy atom. The molecule has 0 N–H and O–H groups in total. The van der Waals surface area contributed by atoms with Gasteiger partial charge in [0.15, 0.2) is 0 Å². The van der Waals surface area contributed by atoms with Crippen LogP contribution >= 0.6 is 0 Å². The SMILES string of the molecule is COc1ccc(CCC(=O)N2CCC[C@H](c3nnc4n3CCN(C)CC4)C2)cc1. The quantitative estimate of drug-likeness (QED) is 0.773. The number of rotatable bonds is 5. The van der Waals surface area contributed by atoms with Gasteiger partial charge in [0.1, 0.15) is 17.4 Å². The summed E-state index contributed by atoms with van der Waals surface area (Å²) in [5.41, 5.74) is 1.17. The molecule has 4 rings (SSSR count). The van der Waals surface area contributed by atoms with Gasteiger partial charge in [-0.2, -0.15) is 0 Å². The minimum absolute atomic E-state index is 0.237. The van der Waals surface area contributed by atoms with Gasteiger partial charge in [0.25, 0.3) is 0 Å². The summed E-state index contributed by atoms with van der Waals surface area (Å²) in [5, 5.41) is 9.00. The zero-order valence-corrected chi connectivity index (χ0v) is 17.5. The first-order chi connectivity index (χ1) is 14.1. The normalized spacial score (nSPS) is 20.2. The largest absolute Gasteiger partial charge is 0.497 e. The molecule has 29 heavy (non-hydrogen) atoms. The molecule has 7 heteroatoms. The number of carbonyl (C=O) groups is 1. The highest BCUT2D eigenvalue weighted by Crippen LogP contribution is 2.27. The highest BCUT2D eigenvalue weighted by atomic mass is 16.5. The van der Waals surface area contributed by atoms with Gasteiger partial charge in [-0.1, -0.05) is 12.1 Å². The molecule has 0 spiro atoms. The first-order valence-corrected chi connectivity index (χ1v) is 10.7. The standard InChI is InChI=1S/C22H31N5O2/c1-25-13-11-20-23-24-22(27(20)15-14-25)18-4-3-12-26(16-18)21(28)10-7-17-5-8-19(29-2)9-6-17/h5-6,8-9,18H,3-4,7,10-16H2,1-2H3/t18-/m0/s1. The molecule has 1 saturated heterocycles. The summed E-state index contributed by atoms with van der Waals surface area (Å²) in [7, 11) is 3.82. The monoisotopic (exact) mass is 397 g/mol. The van der Waals surface area contributed by atoms with E-state index in [4.69, 9.17) is 4.74 Å². The van der Waals surface area contributed by atoms with E-state index >= 15 is 0 Å². The molecule has 3 heterocycles. The van der Waals surface area contributed by atoms with Gasteiger partial charge in [-0.25, -0.2) is 0 Å².